The summed E-state index contributed by atoms with van der Waals surface area (Å²) in [5.74, 6) is 0.775. The van der Waals surface area contributed by atoms with Crippen molar-refractivity contribution in [2.75, 3.05) is 39.8 Å². The first-order valence-corrected chi connectivity index (χ1v) is 12.1. The lowest BCUT2D eigenvalue weighted by Gasteiger charge is -2.59. The highest BCUT2D eigenvalue weighted by Gasteiger charge is 2.58. The molecule has 1 saturated heterocycles. The van der Waals surface area contributed by atoms with E-state index in [4.69, 9.17) is 4.74 Å². The molecule has 1 amide bonds. The normalized spacial score (nSPS) is 22.1. The van der Waals surface area contributed by atoms with Crippen LogP contribution in [0.3, 0.4) is 0 Å². The monoisotopic (exact) mass is 496 g/mol. The second-order valence-corrected chi connectivity index (χ2v) is 11.0. The van der Waals surface area contributed by atoms with Crippen LogP contribution in [0.1, 0.15) is 58.4 Å². The zero-order chi connectivity index (χ0) is 22.9. The van der Waals surface area contributed by atoms with Gasteiger partial charge in [-0.15, -0.1) is 0 Å². The highest BCUT2D eigenvalue weighted by atomic mass is 79.9. The molecule has 1 aliphatic heterocycles. The summed E-state index contributed by atoms with van der Waals surface area (Å²) >= 11 is 3.67. The van der Waals surface area contributed by atoms with Crippen LogP contribution in [0.2, 0.25) is 0 Å². The van der Waals surface area contributed by atoms with E-state index < -0.39 is 17.1 Å². The van der Waals surface area contributed by atoms with Gasteiger partial charge < -0.3 is 19.8 Å². The van der Waals surface area contributed by atoms with Crippen molar-refractivity contribution < 1.29 is 19.7 Å². The summed E-state index contributed by atoms with van der Waals surface area (Å²) in [7, 11) is 1.66. The fraction of sp³-hybridized carbons (Fsp3) is 0.708. The number of hydrogen-bond acceptors (Lipinski definition) is 4. The first kappa shape index (κ1) is 24.3. The summed E-state index contributed by atoms with van der Waals surface area (Å²) in [5, 5.41) is 21.6. The Morgan fingerprint density at radius 2 is 1.74 bits per heavy atom. The molecule has 1 aromatic rings. The number of piperazine rings is 1. The number of aliphatic hydroxyl groups is 1. The van der Waals surface area contributed by atoms with Crippen LogP contribution < -0.4 is 4.74 Å². The third-order valence-corrected chi connectivity index (χ3v) is 8.12. The van der Waals surface area contributed by atoms with Gasteiger partial charge in [-0.2, -0.15) is 0 Å². The average Bonchev–Trinajstić information content (AvgIpc) is 2.71. The molecule has 2 aliphatic rings. The van der Waals surface area contributed by atoms with E-state index in [0.29, 0.717) is 32.7 Å². The quantitative estimate of drug-likeness (QED) is 0.616. The van der Waals surface area contributed by atoms with Crippen LogP contribution >= 0.6 is 15.9 Å². The van der Waals surface area contributed by atoms with Gasteiger partial charge in [-0.25, -0.2) is 4.79 Å². The Morgan fingerprint density at radius 3 is 2.23 bits per heavy atom. The topological polar surface area (TPSA) is 73.2 Å². The Labute approximate surface area is 194 Å². The van der Waals surface area contributed by atoms with E-state index in [1.54, 1.807) is 7.11 Å². The SMILES string of the molecule is COc1ccc(C(CN2CCN(C(=O)O)CC2)(C(C)(C)C)C2(O)CCCCC2)cc1Br. The maximum Gasteiger partial charge on any atom is 0.407 e. The third-order valence-electron chi connectivity index (χ3n) is 7.50. The van der Waals surface area contributed by atoms with Crippen molar-refractivity contribution in [2.24, 2.45) is 5.41 Å². The Bertz CT molecular complexity index is 780. The Kier molecular flexibility index (Phi) is 7.28. The van der Waals surface area contributed by atoms with Crippen molar-refractivity contribution in [3.05, 3.63) is 28.2 Å². The minimum atomic E-state index is -0.855. The number of nitrogens with zero attached hydrogens (tertiary/aromatic N) is 2. The highest BCUT2D eigenvalue weighted by Crippen LogP contribution is 2.55. The van der Waals surface area contributed by atoms with Gasteiger partial charge in [0.15, 0.2) is 0 Å². The molecule has 1 aromatic carbocycles. The van der Waals surface area contributed by atoms with Crippen LogP contribution in [0.4, 0.5) is 4.79 Å². The lowest BCUT2D eigenvalue weighted by Crippen LogP contribution is -2.65. The Hall–Kier alpha value is -1.31. The van der Waals surface area contributed by atoms with E-state index in [1.165, 1.54) is 4.90 Å². The summed E-state index contributed by atoms with van der Waals surface area (Å²) in [5.41, 5.74) is -0.461. The zero-order valence-electron chi connectivity index (χ0n) is 19.3. The number of methoxy groups -OCH3 is 1. The second-order valence-electron chi connectivity index (χ2n) is 10.1. The van der Waals surface area contributed by atoms with Gasteiger partial charge in [-0.3, -0.25) is 4.90 Å². The molecular formula is C24H37BrN2O4. The molecule has 0 radical (unpaired) electrons. The predicted octanol–water partition coefficient (Wildman–Crippen LogP) is 4.73. The molecular weight excluding hydrogens is 460 g/mol. The number of carboxylic acid groups (broad SMARTS) is 1. The maximum absolute atomic E-state index is 12.3. The molecule has 1 atom stereocenters. The molecule has 0 aromatic heterocycles. The molecule has 1 aliphatic carbocycles. The molecule has 0 bridgehead atoms. The first-order valence-electron chi connectivity index (χ1n) is 11.3. The van der Waals surface area contributed by atoms with Crippen LogP contribution in [-0.4, -0.2) is 71.5 Å². The van der Waals surface area contributed by atoms with Crippen molar-refractivity contribution >= 4 is 22.0 Å². The molecule has 1 unspecified atom stereocenters. The molecule has 2 fully saturated rings. The van der Waals surface area contributed by atoms with E-state index in [1.807, 2.05) is 6.07 Å². The number of hydrogen-bond donors (Lipinski definition) is 2. The summed E-state index contributed by atoms with van der Waals surface area (Å²) in [4.78, 5) is 15.2. The van der Waals surface area contributed by atoms with Crippen molar-refractivity contribution in [1.82, 2.24) is 9.80 Å². The highest BCUT2D eigenvalue weighted by molar-refractivity contribution is 9.10. The van der Waals surface area contributed by atoms with Crippen LogP contribution in [0.15, 0.2) is 22.7 Å². The molecule has 174 valence electrons. The molecule has 1 heterocycles. The van der Waals surface area contributed by atoms with Gasteiger partial charge in [-0.05, 0) is 51.9 Å². The van der Waals surface area contributed by atoms with E-state index >= 15 is 0 Å². The molecule has 7 heteroatoms. The molecule has 6 nitrogen and oxygen atoms in total. The smallest absolute Gasteiger partial charge is 0.407 e. The van der Waals surface area contributed by atoms with Gasteiger partial charge in [0.05, 0.1) is 17.2 Å². The van der Waals surface area contributed by atoms with Crippen molar-refractivity contribution in [3.63, 3.8) is 0 Å². The molecule has 3 rings (SSSR count). The average molecular weight is 497 g/mol. The Morgan fingerprint density at radius 1 is 1.13 bits per heavy atom. The summed E-state index contributed by atoms with van der Waals surface area (Å²) in [6.45, 7) is 9.73. The standard InChI is InChI=1S/C24H37BrN2O4/c1-22(2,3)24(23(30)10-6-5-7-11-23,18-8-9-20(31-4)19(25)16-18)17-26-12-14-27(15-13-26)21(28)29/h8-9,16,30H,5-7,10-15,17H2,1-4H3,(H,28,29). The Balaban J connectivity index is 2.07. The molecule has 0 spiro atoms. The van der Waals surface area contributed by atoms with E-state index in [0.717, 1.165) is 47.9 Å². The van der Waals surface area contributed by atoms with Crippen LogP contribution in [-0.2, 0) is 5.41 Å². The van der Waals surface area contributed by atoms with Crippen LogP contribution in [0, 0.1) is 5.41 Å². The van der Waals surface area contributed by atoms with E-state index in [-0.39, 0.29) is 5.41 Å². The number of benzene rings is 1. The number of halogens is 1. The zero-order valence-corrected chi connectivity index (χ0v) is 20.9. The minimum Gasteiger partial charge on any atom is -0.496 e. The van der Waals surface area contributed by atoms with Gasteiger partial charge in [0.1, 0.15) is 5.75 Å². The number of amides is 1. The molecule has 1 saturated carbocycles. The van der Waals surface area contributed by atoms with Gasteiger partial charge in [0.2, 0.25) is 0 Å². The summed E-state index contributed by atoms with van der Waals surface area (Å²) in [6, 6.07) is 6.20. The number of rotatable bonds is 5. The van der Waals surface area contributed by atoms with Gasteiger partial charge >= 0.3 is 6.09 Å². The lowest BCUT2D eigenvalue weighted by molar-refractivity contribution is -0.125. The van der Waals surface area contributed by atoms with E-state index in [9.17, 15) is 15.0 Å². The summed E-state index contributed by atoms with van der Waals surface area (Å²) < 4.78 is 6.36. The van der Waals surface area contributed by atoms with Gasteiger partial charge in [0, 0.05) is 38.1 Å². The fourth-order valence-corrected chi connectivity index (χ4v) is 6.34. The fourth-order valence-electron chi connectivity index (χ4n) is 5.80. The van der Waals surface area contributed by atoms with Crippen molar-refractivity contribution in [1.29, 1.82) is 0 Å². The molecule has 31 heavy (non-hydrogen) atoms. The number of ether oxygens (including phenoxy) is 1. The van der Waals surface area contributed by atoms with Gasteiger partial charge in [0.25, 0.3) is 0 Å². The van der Waals surface area contributed by atoms with Crippen molar-refractivity contribution in [2.45, 2.75) is 63.9 Å². The third kappa shape index (κ3) is 4.60. The van der Waals surface area contributed by atoms with Gasteiger partial charge in [-0.1, -0.05) is 46.1 Å². The lowest BCUT2D eigenvalue weighted by atomic mass is 9.51. The predicted molar refractivity (Wildman–Crippen MR) is 126 cm³/mol. The maximum atomic E-state index is 12.3. The van der Waals surface area contributed by atoms with Crippen molar-refractivity contribution in [3.8, 4) is 5.75 Å². The first-order chi connectivity index (χ1) is 14.5. The van der Waals surface area contributed by atoms with Crippen LogP contribution in [0.5, 0.6) is 5.75 Å². The minimum absolute atomic E-state index is 0.225. The second kappa shape index (κ2) is 9.28. The molecule has 2 N–H and O–H groups in total. The number of carbonyl (C=O) groups is 1. The summed E-state index contributed by atoms with van der Waals surface area (Å²) in [6.07, 6.45) is 3.92. The largest absolute Gasteiger partial charge is 0.496 e. The van der Waals surface area contributed by atoms with Crippen LogP contribution in [0.25, 0.3) is 0 Å². The van der Waals surface area contributed by atoms with E-state index in [2.05, 4.69) is 53.7 Å².